The molecule has 1 rings (SSSR count). The second kappa shape index (κ2) is 2.10. The van der Waals surface area contributed by atoms with Crippen molar-refractivity contribution in [2.24, 2.45) is 5.73 Å². The maximum atomic E-state index is 5.96. The maximum absolute atomic E-state index is 5.96. The minimum Gasteiger partial charge on any atom is -0.326 e. The SMILES string of the molecule is BCC1(N)CCCC1. The van der Waals surface area contributed by atoms with E-state index in [9.17, 15) is 0 Å². The quantitative estimate of drug-likeness (QED) is 0.484. The number of hydrogen-bond donors (Lipinski definition) is 1. The van der Waals surface area contributed by atoms with Gasteiger partial charge in [0.25, 0.3) is 0 Å². The first kappa shape index (κ1) is 6.15. The van der Waals surface area contributed by atoms with E-state index < -0.39 is 0 Å². The number of hydrogen-bond acceptors (Lipinski definition) is 1. The third-order valence-corrected chi connectivity index (χ3v) is 2.30. The minimum absolute atomic E-state index is 0.236. The van der Waals surface area contributed by atoms with Gasteiger partial charge in [0.05, 0.1) is 0 Å². The topological polar surface area (TPSA) is 26.0 Å². The molecule has 0 aromatic carbocycles. The Balaban J connectivity index is 2.40. The average molecular weight is 111 g/mol. The molecule has 46 valence electrons. The van der Waals surface area contributed by atoms with Crippen molar-refractivity contribution in [3.63, 3.8) is 0 Å². The fourth-order valence-corrected chi connectivity index (χ4v) is 1.43. The summed E-state index contributed by atoms with van der Waals surface area (Å²) < 4.78 is 0. The van der Waals surface area contributed by atoms with Crippen LogP contribution in [-0.2, 0) is 0 Å². The van der Waals surface area contributed by atoms with Crippen LogP contribution in [0.3, 0.4) is 0 Å². The van der Waals surface area contributed by atoms with Crippen LogP contribution in [0.25, 0.3) is 0 Å². The second-order valence-electron chi connectivity index (χ2n) is 2.92. The second-order valence-corrected chi connectivity index (χ2v) is 2.92. The monoisotopic (exact) mass is 111 g/mol. The molecular weight excluding hydrogens is 96.9 g/mol. The smallest absolute Gasteiger partial charge is 0.103 e. The van der Waals surface area contributed by atoms with E-state index in [1.54, 1.807) is 0 Å². The molecule has 0 spiro atoms. The van der Waals surface area contributed by atoms with Gasteiger partial charge in [-0.1, -0.05) is 19.2 Å². The zero-order chi connectivity index (χ0) is 6.04. The molecule has 0 aliphatic heterocycles. The first-order chi connectivity index (χ1) is 3.77. The minimum atomic E-state index is 0.236. The van der Waals surface area contributed by atoms with Gasteiger partial charge in [-0.15, -0.1) is 0 Å². The molecule has 0 atom stereocenters. The van der Waals surface area contributed by atoms with Gasteiger partial charge >= 0.3 is 0 Å². The van der Waals surface area contributed by atoms with Crippen molar-refractivity contribution in [1.82, 2.24) is 0 Å². The Hall–Kier alpha value is 0.0249. The molecular formula is C6H14BN. The molecule has 1 aliphatic carbocycles. The summed E-state index contributed by atoms with van der Waals surface area (Å²) >= 11 is 0. The molecule has 0 saturated heterocycles. The highest BCUT2D eigenvalue weighted by Gasteiger charge is 2.26. The van der Waals surface area contributed by atoms with Crippen molar-refractivity contribution >= 4 is 7.85 Å². The van der Waals surface area contributed by atoms with Gasteiger partial charge in [0, 0.05) is 5.54 Å². The lowest BCUT2D eigenvalue weighted by molar-refractivity contribution is 0.487. The van der Waals surface area contributed by atoms with Crippen LogP contribution in [0.2, 0.25) is 6.32 Å². The molecule has 0 aromatic rings. The Morgan fingerprint density at radius 1 is 1.38 bits per heavy atom. The predicted molar refractivity (Wildman–Crippen MR) is 38.7 cm³/mol. The van der Waals surface area contributed by atoms with Crippen molar-refractivity contribution in [1.29, 1.82) is 0 Å². The van der Waals surface area contributed by atoms with Crippen LogP contribution in [0, 0.1) is 0 Å². The molecule has 1 nitrogen and oxygen atoms in total. The number of rotatable bonds is 1. The van der Waals surface area contributed by atoms with Gasteiger partial charge in [0.2, 0.25) is 0 Å². The molecule has 2 heteroatoms. The van der Waals surface area contributed by atoms with Gasteiger partial charge in [0.15, 0.2) is 0 Å². The van der Waals surface area contributed by atoms with Crippen LogP contribution >= 0.6 is 0 Å². The highest BCUT2D eigenvalue weighted by Crippen LogP contribution is 2.28. The van der Waals surface area contributed by atoms with Crippen LogP contribution in [0.4, 0.5) is 0 Å². The third-order valence-electron chi connectivity index (χ3n) is 2.30. The van der Waals surface area contributed by atoms with Gasteiger partial charge in [-0.25, -0.2) is 0 Å². The van der Waals surface area contributed by atoms with E-state index in [-0.39, 0.29) is 5.54 Å². The van der Waals surface area contributed by atoms with Gasteiger partial charge in [-0.2, -0.15) is 0 Å². The lowest BCUT2D eigenvalue weighted by Crippen LogP contribution is -2.35. The van der Waals surface area contributed by atoms with Crippen LogP contribution < -0.4 is 5.73 Å². The van der Waals surface area contributed by atoms with Crippen molar-refractivity contribution in [2.45, 2.75) is 37.5 Å². The molecule has 1 saturated carbocycles. The molecule has 0 unspecified atom stereocenters. The fraction of sp³-hybridized carbons (Fsp3) is 1.00. The number of nitrogens with two attached hydrogens (primary N) is 1. The van der Waals surface area contributed by atoms with Crippen LogP contribution in [0.1, 0.15) is 25.7 Å². The van der Waals surface area contributed by atoms with Gasteiger partial charge in [0.1, 0.15) is 7.85 Å². The summed E-state index contributed by atoms with van der Waals surface area (Å²) in [5.41, 5.74) is 6.19. The fourth-order valence-electron chi connectivity index (χ4n) is 1.43. The maximum Gasteiger partial charge on any atom is 0.103 e. The summed E-state index contributed by atoms with van der Waals surface area (Å²) in [7, 11) is 2.19. The molecule has 0 aromatic heterocycles. The highest BCUT2D eigenvalue weighted by atomic mass is 14.7. The van der Waals surface area contributed by atoms with E-state index >= 15 is 0 Å². The molecule has 0 heterocycles. The zero-order valence-corrected chi connectivity index (χ0v) is 5.61. The van der Waals surface area contributed by atoms with E-state index in [2.05, 4.69) is 7.85 Å². The lowest BCUT2D eigenvalue weighted by Gasteiger charge is -2.20. The van der Waals surface area contributed by atoms with E-state index in [1.165, 1.54) is 25.7 Å². The molecule has 0 bridgehead atoms. The summed E-state index contributed by atoms with van der Waals surface area (Å²) in [6.07, 6.45) is 6.37. The van der Waals surface area contributed by atoms with E-state index in [1.807, 2.05) is 0 Å². The Bertz CT molecular complexity index is 76.6. The van der Waals surface area contributed by atoms with Crippen LogP contribution in [0.15, 0.2) is 0 Å². The standard InChI is InChI=1S/C6H14BN/c7-5-6(8)3-1-2-4-6/h1-5,7-8H2. The lowest BCUT2D eigenvalue weighted by atomic mass is 9.83. The largest absolute Gasteiger partial charge is 0.326 e. The van der Waals surface area contributed by atoms with Gasteiger partial charge < -0.3 is 5.73 Å². The summed E-state index contributed by atoms with van der Waals surface area (Å²) in [5.74, 6) is 0. The molecule has 0 radical (unpaired) electrons. The molecule has 2 N–H and O–H groups in total. The molecule has 1 aliphatic rings. The van der Waals surface area contributed by atoms with E-state index in [0.29, 0.717) is 0 Å². The van der Waals surface area contributed by atoms with Gasteiger partial charge in [-0.05, 0) is 12.8 Å². The summed E-state index contributed by atoms with van der Waals surface area (Å²) in [6.45, 7) is 0. The van der Waals surface area contributed by atoms with Crippen molar-refractivity contribution in [3.8, 4) is 0 Å². The Morgan fingerprint density at radius 3 is 2.12 bits per heavy atom. The van der Waals surface area contributed by atoms with Crippen molar-refractivity contribution in [2.75, 3.05) is 0 Å². The van der Waals surface area contributed by atoms with E-state index in [4.69, 9.17) is 5.73 Å². The Morgan fingerprint density at radius 2 is 1.88 bits per heavy atom. The van der Waals surface area contributed by atoms with Crippen molar-refractivity contribution in [3.05, 3.63) is 0 Å². The molecule has 1 fully saturated rings. The highest BCUT2D eigenvalue weighted by molar-refractivity contribution is 6.09. The first-order valence-electron chi connectivity index (χ1n) is 3.56. The van der Waals surface area contributed by atoms with Crippen LogP contribution in [0.5, 0.6) is 0 Å². The normalized spacial score (nSPS) is 26.1. The van der Waals surface area contributed by atoms with E-state index in [0.717, 1.165) is 6.32 Å². The van der Waals surface area contributed by atoms with Crippen LogP contribution in [-0.4, -0.2) is 13.4 Å². The Labute approximate surface area is 52.0 Å². The third kappa shape index (κ3) is 1.05. The average Bonchev–Trinajstić information content (AvgIpc) is 2.17. The first-order valence-corrected chi connectivity index (χ1v) is 3.56. The predicted octanol–water partition coefficient (Wildman–Crippen LogP) is 0.309. The van der Waals surface area contributed by atoms with Gasteiger partial charge in [-0.3, -0.25) is 0 Å². The zero-order valence-electron chi connectivity index (χ0n) is 5.61. The van der Waals surface area contributed by atoms with Crippen molar-refractivity contribution < 1.29 is 0 Å². The Kier molecular flexibility index (Phi) is 1.61. The summed E-state index contributed by atoms with van der Waals surface area (Å²) in [6, 6.07) is 0. The molecule has 8 heavy (non-hydrogen) atoms. The molecule has 0 amide bonds. The summed E-state index contributed by atoms with van der Waals surface area (Å²) in [5, 5.41) is 0. The summed E-state index contributed by atoms with van der Waals surface area (Å²) in [4.78, 5) is 0.